The van der Waals surface area contributed by atoms with Gasteiger partial charge in [0, 0.05) is 18.8 Å². The zero-order chi connectivity index (χ0) is 19.4. The standard InChI is InChI=1S/C23H26O4/c1-15(2)11-16(12-22(24)25)13-23(26)27-14-21-19-9-5-3-7-17(19)18-8-4-6-10-20(18)21/h3-10,15-16,21H,11-14H2,1-2H3,(H,24,25)/t16-/m0/s1. The molecule has 1 N–H and O–H groups in total. The summed E-state index contributed by atoms with van der Waals surface area (Å²) < 4.78 is 5.60. The third-order valence-corrected chi connectivity index (χ3v) is 5.10. The van der Waals surface area contributed by atoms with Crippen molar-refractivity contribution in [1.82, 2.24) is 0 Å². The van der Waals surface area contributed by atoms with Crippen molar-refractivity contribution in [3.8, 4) is 11.1 Å². The summed E-state index contributed by atoms with van der Waals surface area (Å²) in [6.07, 6.45) is 0.860. The first kappa shape index (κ1) is 19.2. The summed E-state index contributed by atoms with van der Waals surface area (Å²) >= 11 is 0. The monoisotopic (exact) mass is 366 g/mol. The van der Waals surface area contributed by atoms with Crippen LogP contribution in [0.5, 0.6) is 0 Å². The van der Waals surface area contributed by atoms with Gasteiger partial charge in [0.2, 0.25) is 0 Å². The van der Waals surface area contributed by atoms with E-state index in [-0.39, 0.29) is 37.3 Å². The lowest BCUT2D eigenvalue weighted by molar-refractivity contribution is -0.146. The van der Waals surface area contributed by atoms with E-state index in [1.54, 1.807) is 0 Å². The summed E-state index contributed by atoms with van der Waals surface area (Å²) in [5, 5.41) is 9.08. The molecule has 1 aliphatic carbocycles. The lowest BCUT2D eigenvalue weighted by atomic mass is 9.91. The summed E-state index contributed by atoms with van der Waals surface area (Å²) in [6.45, 7) is 4.35. The molecule has 0 aliphatic heterocycles. The van der Waals surface area contributed by atoms with Gasteiger partial charge in [-0.25, -0.2) is 0 Å². The predicted molar refractivity (Wildman–Crippen MR) is 104 cm³/mol. The lowest BCUT2D eigenvalue weighted by Crippen LogP contribution is -2.19. The van der Waals surface area contributed by atoms with Crippen LogP contribution in [-0.2, 0) is 14.3 Å². The van der Waals surface area contributed by atoms with E-state index in [2.05, 4.69) is 24.3 Å². The number of carboxylic acid groups (broad SMARTS) is 1. The largest absolute Gasteiger partial charge is 0.481 e. The summed E-state index contributed by atoms with van der Waals surface area (Å²) in [5.74, 6) is -0.992. The molecule has 27 heavy (non-hydrogen) atoms. The van der Waals surface area contributed by atoms with Gasteiger partial charge in [0.15, 0.2) is 0 Å². The average molecular weight is 366 g/mol. The maximum atomic E-state index is 12.4. The molecule has 0 amide bonds. The summed E-state index contributed by atoms with van der Waals surface area (Å²) in [6, 6.07) is 16.4. The van der Waals surface area contributed by atoms with Gasteiger partial charge < -0.3 is 9.84 Å². The van der Waals surface area contributed by atoms with Crippen molar-refractivity contribution < 1.29 is 19.4 Å². The first-order valence-corrected chi connectivity index (χ1v) is 9.51. The van der Waals surface area contributed by atoms with Crippen LogP contribution in [0.2, 0.25) is 0 Å². The van der Waals surface area contributed by atoms with E-state index in [9.17, 15) is 9.59 Å². The molecule has 4 nitrogen and oxygen atoms in total. The maximum Gasteiger partial charge on any atom is 0.306 e. The van der Waals surface area contributed by atoms with E-state index in [1.165, 1.54) is 22.3 Å². The first-order valence-electron chi connectivity index (χ1n) is 9.51. The van der Waals surface area contributed by atoms with E-state index in [1.807, 2.05) is 38.1 Å². The third-order valence-electron chi connectivity index (χ3n) is 5.10. The van der Waals surface area contributed by atoms with Crippen molar-refractivity contribution >= 4 is 11.9 Å². The van der Waals surface area contributed by atoms with Crippen LogP contribution < -0.4 is 0 Å². The number of aliphatic carboxylic acids is 1. The fourth-order valence-electron chi connectivity index (χ4n) is 4.06. The van der Waals surface area contributed by atoms with Crippen molar-refractivity contribution in [2.24, 2.45) is 11.8 Å². The molecule has 2 aromatic rings. The summed E-state index contributed by atoms with van der Waals surface area (Å²) in [7, 11) is 0. The van der Waals surface area contributed by atoms with E-state index >= 15 is 0 Å². The van der Waals surface area contributed by atoms with Gasteiger partial charge in [-0.3, -0.25) is 9.59 Å². The molecule has 0 spiro atoms. The van der Waals surface area contributed by atoms with Crippen LogP contribution in [0.25, 0.3) is 11.1 Å². The quantitative estimate of drug-likeness (QED) is 0.677. The number of hydrogen-bond acceptors (Lipinski definition) is 3. The minimum atomic E-state index is -0.868. The topological polar surface area (TPSA) is 63.6 Å². The molecule has 0 fully saturated rings. The van der Waals surface area contributed by atoms with Crippen LogP contribution in [0.4, 0.5) is 0 Å². The van der Waals surface area contributed by atoms with Crippen molar-refractivity contribution in [1.29, 1.82) is 0 Å². The van der Waals surface area contributed by atoms with E-state index in [0.29, 0.717) is 12.3 Å². The Kier molecular flexibility index (Phi) is 5.94. The normalized spacial score (nSPS) is 13.9. The van der Waals surface area contributed by atoms with Crippen LogP contribution in [0.15, 0.2) is 48.5 Å². The molecule has 0 radical (unpaired) electrons. The Morgan fingerprint density at radius 1 is 0.963 bits per heavy atom. The van der Waals surface area contributed by atoms with E-state index in [0.717, 1.165) is 0 Å². The highest BCUT2D eigenvalue weighted by Crippen LogP contribution is 2.44. The van der Waals surface area contributed by atoms with Crippen molar-refractivity contribution in [3.05, 3.63) is 59.7 Å². The number of ether oxygens (including phenoxy) is 1. The molecule has 3 rings (SSSR count). The number of carbonyl (C=O) groups is 2. The second-order valence-corrected chi connectivity index (χ2v) is 7.71. The van der Waals surface area contributed by atoms with Crippen LogP contribution in [-0.4, -0.2) is 23.7 Å². The van der Waals surface area contributed by atoms with Crippen LogP contribution >= 0.6 is 0 Å². The molecule has 142 valence electrons. The molecule has 0 saturated carbocycles. The van der Waals surface area contributed by atoms with Gasteiger partial charge in [-0.05, 0) is 40.5 Å². The highest BCUT2D eigenvalue weighted by molar-refractivity contribution is 5.79. The number of hydrogen-bond donors (Lipinski definition) is 1. The second kappa shape index (κ2) is 8.38. The molecule has 0 bridgehead atoms. The molecule has 0 aromatic heterocycles. The minimum Gasteiger partial charge on any atom is -0.481 e. The Labute approximate surface area is 160 Å². The zero-order valence-corrected chi connectivity index (χ0v) is 15.9. The van der Waals surface area contributed by atoms with Gasteiger partial charge in [0.05, 0.1) is 0 Å². The average Bonchev–Trinajstić information content (AvgIpc) is 2.93. The van der Waals surface area contributed by atoms with Gasteiger partial charge >= 0.3 is 11.9 Å². The van der Waals surface area contributed by atoms with Crippen molar-refractivity contribution in [3.63, 3.8) is 0 Å². The SMILES string of the molecule is CC(C)C[C@@H](CC(=O)O)CC(=O)OCC1c2ccccc2-c2ccccc21. The molecule has 0 unspecified atom stereocenters. The molecule has 0 saturated heterocycles. The van der Waals surface area contributed by atoms with Crippen LogP contribution in [0, 0.1) is 11.8 Å². The molecule has 0 heterocycles. The van der Waals surface area contributed by atoms with Crippen molar-refractivity contribution in [2.45, 2.75) is 39.0 Å². The van der Waals surface area contributed by atoms with Crippen molar-refractivity contribution in [2.75, 3.05) is 6.61 Å². The number of carbonyl (C=O) groups excluding carboxylic acids is 1. The molecule has 2 aromatic carbocycles. The molecule has 1 aliphatic rings. The lowest BCUT2D eigenvalue weighted by Gasteiger charge is -2.18. The third kappa shape index (κ3) is 4.57. The Morgan fingerprint density at radius 3 is 2.04 bits per heavy atom. The number of esters is 1. The number of fused-ring (bicyclic) bond motifs is 3. The molecular formula is C23H26O4. The van der Waals surface area contributed by atoms with Crippen LogP contribution in [0.1, 0.15) is 50.2 Å². The Hall–Kier alpha value is -2.62. The van der Waals surface area contributed by atoms with Gasteiger partial charge in [0.1, 0.15) is 6.61 Å². The van der Waals surface area contributed by atoms with E-state index < -0.39 is 5.97 Å². The number of rotatable bonds is 8. The zero-order valence-electron chi connectivity index (χ0n) is 15.9. The molecule has 4 heteroatoms. The van der Waals surface area contributed by atoms with Gasteiger partial charge in [-0.15, -0.1) is 0 Å². The molecular weight excluding hydrogens is 340 g/mol. The van der Waals surface area contributed by atoms with E-state index in [4.69, 9.17) is 9.84 Å². The Morgan fingerprint density at radius 2 is 1.52 bits per heavy atom. The number of benzene rings is 2. The smallest absolute Gasteiger partial charge is 0.306 e. The van der Waals surface area contributed by atoms with Gasteiger partial charge in [-0.1, -0.05) is 62.4 Å². The number of carboxylic acids is 1. The van der Waals surface area contributed by atoms with Gasteiger partial charge in [0.25, 0.3) is 0 Å². The van der Waals surface area contributed by atoms with Gasteiger partial charge in [-0.2, -0.15) is 0 Å². The fourth-order valence-corrected chi connectivity index (χ4v) is 4.06. The maximum absolute atomic E-state index is 12.4. The highest BCUT2D eigenvalue weighted by Gasteiger charge is 2.29. The fraction of sp³-hybridized carbons (Fsp3) is 0.391. The molecule has 1 atom stereocenters. The highest BCUT2D eigenvalue weighted by atomic mass is 16.5. The first-order chi connectivity index (χ1) is 13.0. The summed E-state index contributed by atoms with van der Waals surface area (Å²) in [4.78, 5) is 23.4. The summed E-state index contributed by atoms with van der Waals surface area (Å²) in [5.41, 5.74) is 4.74. The predicted octanol–water partition coefficient (Wildman–Crippen LogP) is 4.87. The second-order valence-electron chi connectivity index (χ2n) is 7.71. The van der Waals surface area contributed by atoms with Crippen LogP contribution in [0.3, 0.4) is 0 Å². The Bertz CT molecular complexity index is 779. The Balaban J connectivity index is 1.67. The minimum absolute atomic E-state index is 0.00236.